The van der Waals surface area contributed by atoms with Crippen molar-refractivity contribution in [3.63, 3.8) is 0 Å². The molecule has 3 heteroatoms. The van der Waals surface area contributed by atoms with Crippen molar-refractivity contribution in [3.8, 4) is 0 Å². The molecule has 0 radical (unpaired) electrons. The van der Waals surface area contributed by atoms with E-state index < -0.39 is 5.82 Å². The van der Waals surface area contributed by atoms with Crippen molar-refractivity contribution >= 4 is 23.4 Å². The van der Waals surface area contributed by atoms with Gasteiger partial charge in [-0.1, -0.05) is 23.8 Å². The number of benzene rings is 1. The molecule has 0 spiro atoms. The van der Waals surface area contributed by atoms with Crippen LogP contribution >= 0.6 is 11.6 Å². The van der Waals surface area contributed by atoms with Gasteiger partial charge in [0.15, 0.2) is 0 Å². The minimum Gasteiger partial charge on any atom is -0.396 e. The summed E-state index contributed by atoms with van der Waals surface area (Å²) in [5.74, 6) is -0.478. The van der Waals surface area contributed by atoms with Crippen LogP contribution in [0.5, 0.6) is 0 Å². The van der Waals surface area contributed by atoms with Gasteiger partial charge in [-0.15, -0.1) is 0 Å². The number of halogens is 2. The van der Waals surface area contributed by atoms with E-state index in [4.69, 9.17) is 17.3 Å². The molecule has 0 amide bonds. The highest BCUT2D eigenvalue weighted by Gasteiger charge is 2.02. The Balaban J connectivity index is 3.23. The summed E-state index contributed by atoms with van der Waals surface area (Å²) in [5, 5.41) is 0.375. The van der Waals surface area contributed by atoms with Crippen LogP contribution in [-0.2, 0) is 0 Å². The van der Waals surface area contributed by atoms with Crippen molar-refractivity contribution in [2.75, 3.05) is 5.73 Å². The van der Waals surface area contributed by atoms with E-state index in [0.29, 0.717) is 5.02 Å². The summed E-state index contributed by atoms with van der Waals surface area (Å²) in [6, 6.07) is 2.73. The first-order valence-corrected chi connectivity index (χ1v) is 3.90. The zero-order valence-electron chi connectivity index (χ0n) is 6.64. The Morgan fingerprint density at radius 2 is 2.17 bits per heavy atom. The van der Waals surface area contributed by atoms with Crippen LogP contribution in [0.3, 0.4) is 0 Å². The fraction of sp³-hybridized carbons (Fsp3) is 0.111. The van der Waals surface area contributed by atoms with Gasteiger partial charge in [0.1, 0.15) is 5.82 Å². The molecule has 0 fully saturated rings. The number of hydrogen-bond acceptors (Lipinski definition) is 1. The Labute approximate surface area is 75.6 Å². The molecule has 0 heterocycles. The molecular weight excluding hydrogens is 177 g/mol. The second-order valence-electron chi connectivity index (χ2n) is 2.40. The van der Waals surface area contributed by atoms with Crippen molar-refractivity contribution < 1.29 is 4.39 Å². The minimum atomic E-state index is -0.478. The first kappa shape index (κ1) is 9.07. The number of nitrogens with two attached hydrogens (primary N) is 1. The van der Waals surface area contributed by atoms with Crippen LogP contribution < -0.4 is 5.73 Å². The summed E-state index contributed by atoms with van der Waals surface area (Å²) in [6.07, 6.45) is 3.59. The molecule has 1 aromatic rings. The van der Waals surface area contributed by atoms with E-state index in [2.05, 4.69) is 0 Å². The average molecular weight is 186 g/mol. The maximum atomic E-state index is 12.8. The smallest absolute Gasteiger partial charge is 0.147 e. The third-order valence-electron chi connectivity index (χ3n) is 1.46. The molecule has 0 aromatic heterocycles. The zero-order chi connectivity index (χ0) is 9.14. The summed E-state index contributed by atoms with van der Waals surface area (Å²) >= 11 is 5.73. The van der Waals surface area contributed by atoms with Gasteiger partial charge in [0, 0.05) is 0 Å². The molecule has 1 nitrogen and oxygen atoms in total. The summed E-state index contributed by atoms with van der Waals surface area (Å²) in [4.78, 5) is 0. The van der Waals surface area contributed by atoms with Crippen molar-refractivity contribution in [2.24, 2.45) is 0 Å². The van der Waals surface area contributed by atoms with Crippen molar-refractivity contribution in [2.45, 2.75) is 6.92 Å². The van der Waals surface area contributed by atoms with Crippen LogP contribution in [0, 0.1) is 5.82 Å². The van der Waals surface area contributed by atoms with Crippen LogP contribution in [0.25, 0.3) is 6.08 Å². The second-order valence-corrected chi connectivity index (χ2v) is 2.80. The lowest BCUT2D eigenvalue weighted by molar-refractivity contribution is 0.632. The summed E-state index contributed by atoms with van der Waals surface area (Å²) in [5.41, 5.74) is 6.20. The first-order chi connectivity index (χ1) is 5.65. The molecule has 1 aromatic carbocycles. The molecule has 0 aliphatic rings. The molecule has 0 aliphatic heterocycles. The van der Waals surface area contributed by atoms with E-state index in [9.17, 15) is 4.39 Å². The van der Waals surface area contributed by atoms with Gasteiger partial charge in [0.25, 0.3) is 0 Å². The average Bonchev–Trinajstić information content (AvgIpc) is 2.01. The summed E-state index contributed by atoms with van der Waals surface area (Å²) in [6.45, 7) is 1.86. The Hall–Kier alpha value is -1.02. The highest BCUT2D eigenvalue weighted by Crippen LogP contribution is 2.23. The van der Waals surface area contributed by atoms with E-state index in [0.717, 1.165) is 5.56 Å². The largest absolute Gasteiger partial charge is 0.396 e. The number of rotatable bonds is 1. The third-order valence-corrected chi connectivity index (χ3v) is 1.79. The third kappa shape index (κ3) is 1.77. The van der Waals surface area contributed by atoms with Gasteiger partial charge >= 0.3 is 0 Å². The van der Waals surface area contributed by atoms with E-state index >= 15 is 0 Å². The van der Waals surface area contributed by atoms with Crippen LogP contribution in [0.2, 0.25) is 5.02 Å². The lowest BCUT2D eigenvalue weighted by Crippen LogP contribution is -1.91. The van der Waals surface area contributed by atoms with E-state index in [1.54, 1.807) is 6.08 Å². The highest BCUT2D eigenvalue weighted by molar-refractivity contribution is 6.32. The predicted octanol–water partition coefficient (Wildman–Crippen LogP) is 3.09. The molecule has 2 N–H and O–H groups in total. The maximum absolute atomic E-state index is 12.8. The monoisotopic (exact) mass is 185 g/mol. The molecule has 0 unspecified atom stereocenters. The summed E-state index contributed by atoms with van der Waals surface area (Å²) in [7, 11) is 0. The highest BCUT2D eigenvalue weighted by atomic mass is 35.5. The van der Waals surface area contributed by atoms with Crippen molar-refractivity contribution in [1.29, 1.82) is 0 Å². The number of anilines is 1. The fourth-order valence-electron chi connectivity index (χ4n) is 0.891. The normalized spacial score (nSPS) is 10.9. The van der Waals surface area contributed by atoms with E-state index in [1.165, 1.54) is 12.1 Å². The van der Waals surface area contributed by atoms with Gasteiger partial charge in [0.2, 0.25) is 0 Å². The topological polar surface area (TPSA) is 26.0 Å². The molecule has 0 bridgehead atoms. The SMILES string of the molecule is CC=Cc1cc(N)c(F)cc1Cl. The Kier molecular flexibility index (Phi) is 2.71. The summed E-state index contributed by atoms with van der Waals surface area (Å²) < 4.78 is 12.8. The Morgan fingerprint density at radius 3 is 2.75 bits per heavy atom. The van der Waals surface area contributed by atoms with Gasteiger partial charge < -0.3 is 5.73 Å². The molecule has 64 valence electrons. The molecule has 1 rings (SSSR count). The number of nitrogen functional groups attached to an aromatic ring is 1. The standard InChI is InChI=1S/C9H9ClFN/c1-2-3-6-4-9(12)8(11)5-7(6)10/h2-5H,12H2,1H3. The van der Waals surface area contributed by atoms with Crippen molar-refractivity contribution in [1.82, 2.24) is 0 Å². The zero-order valence-corrected chi connectivity index (χ0v) is 7.40. The molecular formula is C9H9ClFN. The van der Waals surface area contributed by atoms with Gasteiger partial charge in [-0.25, -0.2) is 4.39 Å². The molecule has 0 saturated heterocycles. The van der Waals surface area contributed by atoms with Crippen LogP contribution in [0.1, 0.15) is 12.5 Å². The van der Waals surface area contributed by atoms with E-state index in [-0.39, 0.29) is 5.69 Å². The maximum Gasteiger partial charge on any atom is 0.147 e. The van der Waals surface area contributed by atoms with E-state index in [1.807, 2.05) is 13.0 Å². The van der Waals surface area contributed by atoms with Gasteiger partial charge in [0.05, 0.1) is 10.7 Å². The number of allylic oxidation sites excluding steroid dienone is 1. The fourth-order valence-corrected chi connectivity index (χ4v) is 1.10. The van der Waals surface area contributed by atoms with Crippen LogP contribution in [0.4, 0.5) is 10.1 Å². The first-order valence-electron chi connectivity index (χ1n) is 3.52. The van der Waals surface area contributed by atoms with Gasteiger partial charge in [-0.3, -0.25) is 0 Å². The quantitative estimate of drug-likeness (QED) is 0.669. The second kappa shape index (κ2) is 3.59. The van der Waals surface area contributed by atoms with Gasteiger partial charge in [-0.2, -0.15) is 0 Å². The molecule has 0 saturated carbocycles. The number of hydrogen-bond donors (Lipinski definition) is 1. The Bertz CT molecular complexity index is 321. The molecule has 0 aliphatic carbocycles. The molecule has 0 atom stereocenters. The minimum absolute atomic E-state index is 0.118. The van der Waals surface area contributed by atoms with Crippen LogP contribution in [0.15, 0.2) is 18.2 Å². The van der Waals surface area contributed by atoms with Crippen LogP contribution in [-0.4, -0.2) is 0 Å². The predicted molar refractivity (Wildman–Crippen MR) is 50.5 cm³/mol. The van der Waals surface area contributed by atoms with Crippen molar-refractivity contribution in [3.05, 3.63) is 34.6 Å². The lowest BCUT2D eigenvalue weighted by atomic mass is 10.2. The molecule has 12 heavy (non-hydrogen) atoms. The van der Waals surface area contributed by atoms with Gasteiger partial charge in [-0.05, 0) is 24.6 Å². The lowest BCUT2D eigenvalue weighted by Gasteiger charge is -2.01. The Morgan fingerprint density at radius 1 is 1.50 bits per heavy atom.